The maximum atomic E-state index is 15.0. The van der Waals surface area contributed by atoms with E-state index >= 15 is 4.39 Å². The van der Waals surface area contributed by atoms with Gasteiger partial charge in [0, 0.05) is 61.8 Å². The Labute approximate surface area is 302 Å². The molecular weight excluding hydrogens is 679 g/mol. The number of benzene rings is 3. The van der Waals surface area contributed by atoms with Gasteiger partial charge >= 0.3 is 0 Å². The maximum Gasteiger partial charge on any atom is 0.278 e. The lowest BCUT2D eigenvalue weighted by molar-refractivity contribution is 0.0742. The van der Waals surface area contributed by atoms with Gasteiger partial charge in [-0.3, -0.25) is 14.4 Å². The highest BCUT2D eigenvalue weighted by Crippen LogP contribution is 2.24. The second kappa shape index (κ2) is 15.0. The van der Waals surface area contributed by atoms with Gasteiger partial charge in [-0.05, 0) is 68.0 Å². The molecule has 3 N–H and O–H groups in total. The molecule has 1 saturated heterocycles. The Hall–Kier alpha value is -6.48. The summed E-state index contributed by atoms with van der Waals surface area (Å²) in [4.78, 5) is 56.0. The van der Waals surface area contributed by atoms with E-state index in [0.717, 1.165) is 11.4 Å². The van der Waals surface area contributed by atoms with Crippen molar-refractivity contribution in [2.75, 3.05) is 43.0 Å². The number of nitrogens with zero attached hydrogens (tertiary/aromatic N) is 8. The molecule has 15 heteroatoms. The molecule has 6 aromatic rings. The van der Waals surface area contributed by atoms with Crippen LogP contribution in [0.25, 0.3) is 27.6 Å². The van der Waals surface area contributed by atoms with Gasteiger partial charge in [-0.15, -0.1) is 0 Å². The average Bonchev–Trinajstić information content (AvgIpc) is 3.45. The number of carbonyl (C=O) groups is 1. The van der Waals surface area contributed by atoms with Crippen molar-refractivity contribution in [3.63, 3.8) is 0 Å². The second-order valence-electron chi connectivity index (χ2n) is 12.4. The van der Waals surface area contributed by atoms with Crippen LogP contribution in [0.15, 0.2) is 93.6 Å². The molecular formula is C38H37FN10O4. The lowest BCUT2D eigenvalue weighted by Crippen LogP contribution is -2.49. The lowest BCUT2D eigenvalue weighted by atomic mass is 10.0. The number of piperazine rings is 1. The summed E-state index contributed by atoms with van der Waals surface area (Å²) in [5.74, 6) is -0.200. The smallest absolute Gasteiger partial charge is 0.278 e. The van der Waals surface area contributed by atoms with Crippen LogP contribution >= 0.6 is 0 Å². The van der Waals surface area contributed by atoms with E-state index in [1.165, 1.54) is 16.9 Å². The van der Waals surface area contributed by atoms with Crippen molar-refractivity contribution in [3.05, 3.63) is 122 Å². The van der Waals surface area contributed by atoms with Gasteiger partial charge < -0.3 is 20.2 Å². The molecule has 1 fully saturated rings. The van der Waals surface area contributed by atoms with Gasteiger partial charge in [0.15, 0.2) is 5.65 Å². The number of H-pyrrole nitrogens is 1. The van der Waals surface area contributed by atoms with E-state index in [9.17, 15) is 19.5 Å². The number of aromatic nitrogens is 6. The van der Waals surface area contributed by atoms with Crippen LogP contribution in [0.1, 0.15) is 35.5 Å². The monoisotopic (exact) mass is 716 g/mol. The predicted molar refractivity (Wildman–Crippen MR) is 202 cm³/mol. The van der Waals surface area contributed by atoms with Crippen molar-refractivity contribution in [2.45, 2.75) is 26.8 Å². The maximum absolute atomic E-state index is 15.0. The van der Waals surface area contributed by atoms with Crippen molar-refractivity contribution in [1.29, 1.82) is 0 Å². The molecule has 0 spiro atoms. The van der Waals surface area contributed by atoms with E-state index in [0.29, 0.717) is 71.5 Å². The number of anilines is 3. The fraction of sp³-hybridized carbons (Fsp3) is 0.237. The molecule has 14 nitrogen and oxygen atoms in total. The van der Waals surface area contributed by atoms with Gasteiger partial charge in [0.25, 0.3) is 17.0 Å². The Morgan fingerprint density at radius 1 is 1.00 bits per heavy atom. The molecule has 53 heavy (non-hydrogen) atoms. The van der Waals surface area contributed by atoms with Crippen molar-refractivity contribution < 1.29 is 14.3 Å². The largest absolute Gasteiger partial charge is 0.394 e. The van der Waals surface area contributed by atoms with Crippen molar-refractivity contribution in [3.8, 4) is 0 Å². The normalized spacial score (nSPS) is 13.8. The molecule has 1 amide bonds. The number of hydrogen-bond donors (Lipinski definition) is 3. The first-order chi connectivity index (χ1) is 25.8. The summed E-state index contributed by atoms with van der Waals surface area (Å²) in [6, 6.07) is 19.4. The zero-order chi connectivity index (χ0) is 37.1. The van der Waals surface area contributed by atoms with Gasteiger partial charge in [0.1, 0.15) is 17.0 Å². The molecule has 0 saturated carbocycles. The second-order valence-corrected chi connectivity index (χ2v) is 12.4. The van der Waals surface area contributed by atoms with Gasteiger partial charge in [-0.2, -0.15) is 10.1 Å². The molecule has 7 rings (SSSR count). The van der Waals surface area contributed by atoms with Crippen LogP contribution in [0, 0.1) is 5.82 Å². The Morgan fingerprint density at radius 3 is 2.47 bits per heavy atom. The SMILES string of the molecule is C/C=N\C(=C/C)n1c2nc(Nc3ccc(N4CCN(C(=O)c5cc(Cc6n[nH]c(=O)c7ccccc67)ccc5F)CC4)cc3)ncc2c(=O)n1CCO. The Kier molecular flexibility index (Phi) is 9.90. The summed E-state index contributed by atoms with van der Waals surface area (Å²) in [5, 5.41) is 21.1. The number of fused-ring (bicyclic) bond motifs is 2. The first-order valence-electron chi connectivity index (χ1n) is 17.2. The summed E-state index contributed by atoms with van der Waals surface area (Å²) in [5.41, 5.74) is 2.77. The quantitative estimate of drug-likeness (QED) is 0.177. The van der Waals surface area contributed by atoms with Crippen molar-refractivity contribution in [2.24, 2.45) is 4.99 Å². The van der Waals surface area contributed by atoms with E-state index in [4.69, 9.17) is 0 Å². The number of aliphatic imine (C=N–C) groups is 1. The highest BCUT2D eigenvalue weighted by molar-refractivity contribution is 5.95. The molecule has 4 heterocycles. The Balaban J connectivity index is 1.02. The summed E-state index contributed by atoms with van der Waals surface area (Å²) in [6.07, 6.45) is 5.15. The average molecular weight is 717 g/mol. The van der Waals surface area contributed by atoms with Gasteiger partial charge in [-0.1, -0.05) is 24.3 Å². The molecule has 3 aromatic heterocycles. The number of allylic oxidation sites excluding steroid dienone is 1. The number of rotatable bonds is 10. The first-order valence-corrected chi connectivity index (χ1v) is 17.2. The molecule has 3 aromatic carbocycles. The summed E-state index contributed by atoms with van der Waals surface area (Å²) >= 11 is 0. The third-order valence-corrected chi connectivity index (χ3v) is 9.19. The van der Waals surface area contributed by atoms with Gasteiger partial charge in [0.05, 0.1) is 29.8 Å². The van der Waals surface area contributed by atoms with Crippen LogP contribution in [0.5, 0.6) is 0 Å². The number of aliphatic hydroxyl groups is 1. The summed E-state index contributed by atoms with van der Waals surface area (Å²) in [7, 11) is 0. The van der Waals surface area contributed by atoms with Crippen LogP contribution in [0.4, 0.5) is 21.7 Å². The highest BCUT2D eigenvalue weighted by atomic mass is 19.1. The standard InChI is InChI=1S/C38H37FN10O4/c1-3-33(40-4-2)49-34-30(37(53)48(49)19-20-50)23-41-38(43-34)42-25-10-12-26(13-11-25)46-15-17-47(18-16-46)36(52)29-21-24(9-14-31(29)39)22-32-27-7-5-6-8-28(27)35(51)45-44-32/h3-14,21,23,50H,15-20,22H2,1-2H3,(H,45,51)(H,41,42,43)/b33-3+,40-4-. The van der Waals surface area contributed by atoms with Crippen molar-refractivity contribution >= 4 is 57.1 Å². The van der Waals surface area contributed by atoms with Crippen LogP contribution in [-0.2, 0) is 13.0 Å². The van der Waals surface area contributed by atoms with Crippen molar-refractivity contribution in [1.82, 2.24) is 34.4 Å². The third-order valence-electron chi connectivity index (χ3n) is 9.19. The van der Waals surface area contributed by atoms with E-state index < -0.39 is 5.82 Å². The number of amides is 1. The summed E-state index contributed by atoms with van der Waals surface area (Å²) < 4.78 is 18.0. The minimum absolute atomic E-state index is 0.00232. The number of nitrogens with one attached hydrogen (secondary N) is 2. The Morgan fingerprint density at radius 2 is 1.75 bits per heavy atom. The molecule has 1 aliphatic rings. The fourth-order valence-electron chi connectivity index (χ4n) is 6.57. The number of aromatic amines is 1. The molecule has 0 aliphatic carbocycles. The molecule has 270 valence electrons. The molecule has 1 aliphatic heterocycles. The molecule has 0 radical (unpaired) electrons. The van der Waals surface area contributed by atoms with Crippen LogP contribution in [-0.4, -0.2) is 84.4 Å². The van der Waals surface area contributed by atoms with Crippen LogP contribution < -0.4 is 21.3 Å². The fourth-order valence-corrected chi connectivity index (χ4v) is 6.57. The number of aliphatic hydroxyl groups excluding tert-OH is 1. The predicted octanol–water partition coefficient (Wildman–Crippen LogP) is 4.17. The molecule has 0 atom stereocenters. The first kappa shape index (κ1) is 34.9. The zero-order valence-corrected chi connectivity index (χ0v) is 29.2. The highest BCUT2D eigenvalue weighted by Gasteiger charge is 2.25. The zero-order valence-electron chi connectivity index (χ0n) is 29.2. The topological polar surface area (TPSA) is 167 Å². The molecule has 0 bridgehead atoms. The number of hydrogen-bond acceptors (Lipinski definition) is 10. The minimum atomic E-state index is -0.588. The van der Waals surface area contributed by atoms with Gasteiger partial charge in [0.2, 0.25) is 5.95 Å². The van der Waals surface area contributed by atoms with Crippen LogP contribution in [0.3, 0.4) is 0 Å². The number of carbonyl (C=O) groups excluding carboxylic acids is 1. The van der Waals surface area contributed by atoms with E-state index in [1.807, 2.05) is 36.4 Å². The lowest BCUT2D eigenvalue weighted by Gasteiger charge is -2.36. The van der Waals surface area contributed by atoms with E-state index in [-0.39, 0.29) is 41.7 Å². The Bertz CT molecular complexity index is 2500. The van der Waals surface area contributed by atoms with E-state index in [1.54, 1.807) is 60.0 Å². The van der Waals surface area contributed by atoms with Gasteiger partial charge in [-0.25, -0.2) is 28.8 Å². The van der Waals surface area contributed by atoms with Crippen LogP contribution in [0.2, 0.25) is 0 Å². The summed E-state index contributed by atoms with van der Waals surface area (Å²) in [6.45, 7) is 5.35. The van der Waals surface area contributed by atoms with E-state index in [2.05, 4.69) is 35.4 Å². The molecule has 0 unspecified atom stereocenters. The number of halogens is 1. The third kappa shape index (κ3) is 6.93. The minimum Gasteiger partial charge on any atom is -0.394 e.